The fraction of sp³-hybridized carbons (Fsp3) is 0.0833. The zero-order chi connectivity index (χ0) is 12.7. The third kappa shape index (κ3) is 2.75. The van der Waals surface area contributed by atoms with Gasteiger partial charge in [-0.2, -0.15) is 15.8 Å². The van der Waals surface area contributed by atoms with Crippen LogP contribution in [0.5, 0.6) is 5.75 Å². The zero-order valence-electron chi connectivity index (χ0n) is 9.06. The minimum absolute atomic E-state index is 0.0977. The molecule has 1 aromatic rings. The van der Waals surface area contributed by atoms with Crippen molar-refractivity contribution in [3.8, 4) is 24.0 Å². The molecule has 0 aromatic heterocycles. The van der Waals surface area contributed by atoms with Crippen LogP contribution in [-0.2, 0) is 0 Å². The molecule has 5 heteroatoms. The van der Waals surface area contributed by atoms with Gasteiger partial charge in [0.05, 0.1) is 12.8 Å². The molecule has 0 saturated heterocycles. The predicted octanol–water partition coefficient (Wildman–Crippen LogP) is 1.93. The highest BCUT2D eigenvalue weighted by molar-refractivity contribution is 5.64. The Labute approximate surface area is 98.8 Å². The minimum atomic E-state index is -0.265. The van der Waals surface area contributed by atoms with Crippen molar-refractivity contribution in [1.29, 1.82) is 15.8 Å². The van der Waals surface area contributed by atoms with Gasteiger partial charge in [-0.3, -0.25) is 0 Å². The Bertz CT molecular complexity index is 553. The van der Waals surface area contributed by atoms with Gasteiger partial charge >= 0.3 is 0 Å². The standard InChI is InChI=1S/C12H8N4O/c1-17-12-5-3-2-4-10(12)16-11(8-15)9(6-13)7-14/h2-5,16H,1H3. The average Bonchev–Trinajstić information content (AvgIpc) is 2.39. The number of allylic oxidation sites excluding steroid dienone is 2. The van der Waals surface area contributed by atoms with Crippen LogP contribution in [0, 0.1) is 34.0 Å². The van der Waals surface area contributed by atoms with Crippen LogP contribution in [0.2, 0.25) is 0 Å². The van der Waals surface area contributed by atoms with Crippen molar-refractivity contribution >= 4 is 5.69 Å². The molecule has 0 aliphatic carbocycles. The predicted molar refractivity (Wildman–Crippen MR) is 60.5 cm³/mol. The minimum Gasteiger partial charge on any atom is -0.495 e. The molecule has 0 unspecified atom stereocenters. The van der Waals surface area contributed by atoms with Crippen molar-refractivity contribution in [3.63, 3.8) is 0 Å². The van der Waals surface area contributed by atoms with Crippen molar-refractivity contribution in [2.75, 3.05) is 12.4 Å². The first-order valence-electron chi connectivity index (χ1n) is 4.61. The summed E-state index contributed by atoms with van der Waals surface area (Å²) in [4.78, 5) is 0. The molecule has 1 N–H and O–H groups in total. The van der Waals surface area contributed by atoms with Gasteiger partial charge in [-0.15, -0.1) is 0 Å². The first kappa shape index (κ1) is 12.1. The van der Waals surface area contributed by atoms with Gasteiger partial charge < -0.3 is 10.1 Å². The molecule has 0 amide bonds. The molecule has 0 spiro atoms. The van der Waals surface area contributed by atoms with Crippen molar-refractivity contribution in [2.45, 2.75) is 0 Å². The van der Waals surface area contributed by atoms with Gasteiger partial charge in [-0.05, 0) is 12.1 Å². The molecule has 0 bridgehead atoms. The molecule has 17 heavy (non-hydrogen) atoms. The van der Waals surface area contributed by atoms with Crippen LogP contribution in [0.4, 0.5) is 5.69 Å². The fourth-order valence-electron chi connectivity index (χ4n) is 1.17. The van der Waals surface area contributed by atoms with E-state index in [4.69, 9.17) is 20.5 Å². The Balaban J connectivity index is 3.15. The van der Waals surface area contributed by atoms with Crippen molar-refractivity contribution in [1.82, 2.24) is 0 Å². The van der Waals surface area contributed by atoms with Gasteiger partial charge in [0.2, 0.25) is 0 Å². The first-order valence-corrected chi connectivity index (χ1v) is 4.61. The fourth-order valence-corrected chi connectivity index (χ4v) is 1.17. The number of nitrogens with one attached hydrogen (secondary N) is 1. The first-order chi connectivity index (χ1) is 8.26. The summed E-state index contributed by atoms with van der Waals surface area (Å²) in [6.45, 7) is 0. The highest BCUT2D eigenvalue weighted by atomic mass is 16.5. The van der Waals surface area contributed by atoms with Crippen LogP contribution in [0.15, 0.2) is 35.5 Å². The van der Waals surface area contributed by atoms with Crippen LogP contribution in [-0.4, -0.2) is 7.11 Å². The van der Waals surface area contributed by atoms with E-state index < -0.39 is 0 Å². The second kappa shape index (κ2) is 5.80. The molecule has 0 fully saturated rings. The zero-order valence-corrected chi connectivity index (χ0v) is 9.06. The van der Waals surface area contributed by atoms with Gasteiger partial charge in [-0.25, -0.2) is 0 Å². The molecular weight excluding hydrogens is 216 g/mol. The van der Waals surface area contributed by atoms with Gasteiger partial charge in [0, 0.05) is 0 Å². The summed E-state index contributed by atoms with van der Waals surface area (Å²) in [7, 11) is 1.49. The van der Waals surface area contributed by atoms with E-state index in [-0.39, 0.29) is 11.3 Å². The number of ether oxygens (including phenoxy) is 1. The van der Waals surface area contributed by atoms with E-state index in [9.17, 15) is 0 Å². The molecule has 1 aromatic carbocycles. The van der Waals surface area contributed by atoms with E-state index in [1.165, 1.54) is 7.11 Å². The lowest BCUT2D eigenvalue weighted by atomic mass is 10.2. The van der Waals surface area contributed by atoms with Crippen molar-refractivity contribution in [3.05, 3.63) is 35.5 Å². The summed E-state index contributed by atoms with van der Waals surface area (Å²) in [5, 5.41) is 28.9. The van der Waals surface area contributed by atoms with E-state index >= 15 is 0 Å². The number of anilines is 1. The molecule has 0 radical (unpaired) electrons. The Morgan fingerprint density at radius 1 is 1.12 bits per heavy atom. The topological polar surface area (TPSA) is 92.6 Å². The number of methoxy groups -OCH3 is 1. The van der Waals surface area contributed by atoms with Gasteiger partial charge in [0.25, 0.3) is 0 Å². The number of nitriles is 3. The van der Waals surface area contributed by atoms with Crippen molar-refractivity contribution in [2.24, 2.45) is 0 Å². The highest BCUT2D eigenvalue weighted by Gasteiger charge is 2.08. The van der Waals surface area contributed by atoms with Crippen LogP contribution in [0.1, 0.15) is 0 Å². The Morgan fingerprint density at radius 2 is 1.76 bits per heavy atom. The second-order valence-corrected chi connectivity index (χ2v) is 2.91. The van der Waals surface area contributed by atoms with Gasteiger partial charge in [-0.1, -0.05) is 12.1 Å². The average molecular weight is 224 g/mol. The normalized spacial score (nSPS) is 8.12. The maximum atomic E-state index is 8.87. The number of nitrogens with zero attached hydrogens (tertiary/aromatic N) is 3. The molecule has 0 heterocycles. The van der Waals surface area contributed by atoms with Crippen molar-refractivity contribution < 1.29 is 4.74 Å². The maximum absolute atomic E-state index is 8.87. The van der Waals surface area contributed by atoms with Crippen LogP contribution >= 0.6 is 0 Å². The van der Waals surface area contributed by atoms with Crippen LogP contribution in [0.25, 0.3) is 0 Å². The summed E-state index contributed by atoms with van der Waals surface area (Å²) < 4.78 is 5.08. The monoisotopic (exact) mass is 224 g/mol. The lowest BCUT2D eigenvalue weighted by molar-refractivity contribution is 0.416. The Hall–Kier alpha value is -2.97. The third-order valence-electron chi connectivity index (χ3n) is 1.95. The summed E-state index contributed by atoms with van der Waals surface area (Å²) in [5.74, 6) is 0.524. The third-order valence-corrected chi connectivity index (χ3v) is 1.95. The Kier molecular flexibility index (Phi) is 4.13. The quantitative estimate of drug-likeness (QED) is 0.792. The number of rotatable bonds is 3. The van der Waals surface area contributed by atoms with Gasteiger partial charge in [0.1, 0.15) is 29.7 Å². The molecule has 82 valence electrons. The lowest BCUT2D eigenvalue weighted by Gasteiger charge is -2.09. The largest absolute Gasteiger partial charge is 0.495 e. The van der Waals surface area contributed by atoms with E-state index in [0.717, 1.165) is 0 Å². The summed E-state index contributed by atoms with van der Waals surface area (Å²) >= 11 is 0. The molecule has 0 aliphatic rings. The van der Waals surface area contributed by atoms with E-state index in [1.807, 2.05) is 0 Å². The smallest absolute Gasteiger partial charge is 0.163 e. The Morgan fingerprint density at radius 3 is 2.29 bits per heavy atom. The molecule has 0 aliphatic heterocycles. The summed E-state index contributed by atoms with van der Waals surface area (Å²) in [5.41, 5.74) is 0.160. The molecule has 0 atom stereocenters. The molecule has 5 nitrogen and oxygen atoms in total. The molecule has 0 saturated carbocycles. The summed E-state index contributed by atoms with van der Waals surface area (Å²) in [6, 6.07) is 12.0. The highest BCUT2D eigenvalue weighted by Crippen LogP contribution is 2.24. The van der Waals surface area contributed by atoms with E-state index in [0.29, 0.717) is 11.4 Å². The second-order valence-electron chi connectivity index (χ2n) is 2.91. The van der Waals surface area contributed by atoms with E-state index in [1.54, 1.807) is 42.5 Å². The maximum Gasteiger partial charge on any atom is 0.163 e. The summed E-state index contributed by atoms with van der Waals surface area (Å²) in [6.07, 6.45) is 0. The SMILES string of the molecule is COc1ccccc1NC(C#N)=C(C#N)C#N. The number of hydrogen-bond donors (Lipinski definition) is 1. The van der Waals surface area contributed by atoms with E-state index in [2.05, 4.69) is 5.32 Å². The number of para-hydroxylation sites is 2. The lowest BCUT2D eigenvalue weighted by Crippen LogP contribution is -2.02. The molecular formula is C12H8N4O. The van der Waals surface area contributed by atoms with Crippen LogP contribution < -0.4 is 10.1 Å². The number of benzene rings is 1. The number of hydrogen-bond acceptors (Lipinski definition) is 5. The van der Waals surface area contributed by atoms with Crippen LogP contribution in [0.3, 0.4) is 0 Å². The molecule has 1 rings (SSSR count). The van der Waals surface area contributed by atoms with Gasteiger partial charge in [0.15, 0.2) is 5.57 Å².